The highest BCUT2D eigenvalue weighted by Crippen LogP contribution is 2.26. The Bertz CT molecular complexity index is 926. The fraction of sp³-hybridized carbons (Fsp3) is 0.476. The number of hydrogen-bond donors (Lipinski definition) is 1. The van der Waals surface area contributed by atoms with Crippen LogP contribution in [0.4, 0.5) is 11.4 Å². The monoisotopic (exact) mass is 523 g/mol. The van der Waals surface area contributed by atoms with E-state index in [1.807, 2.05) is 18.1 Å². The van der Waals surface area contributed by atoms with Gasteiger partial charge in [-0.2, -0.15) is 5.10 Å². The van der Waals surface area contributed by atoms with Gasteiger partial charge < -0.3 is 20.0 Å². The summed E-state index contributed by atoms with van der Waals surface area (Å²) in [7, 11) is 5.77. The molecule has 162 valence electrons. The van der Waals surface area contributed by atoms with Crippen LogP contribution in [0.2, 0.25) is 0 Å². The predicted octanol–water partition coefficient (Wildman–Crippen LogP) is 1.84. The number of aliphatic imine (C=N–C) groups is 1. The number of amides is 1. The smallest absolute Gasteiger partial charge is 0.246 e. The average molecular weight is 523 g/mol. The number of aryl methyl sites for hydroxylation is 2. The van der Waals surface area contributed by atoms with Gasteiger partial charge in [0, 0.05) is 59.2 Å². The van der Waals surface area contributed by atoms with Crippen molar-refractivity contribution < 1.29 is 4.79 Å². The van der Waals surface area contributed by atoms with Crippen LogP contribution < -0.4 is 15.1 Å². The molecule has 0 bridgehead atoms. The molecule has 2 aromatic rings. The van der Waals surface area contributed by atoms with Gasteiger partial charge in [0.1, 0.15) is 6.54 Å². The van der Waals surface area contributed by atoms with E-state index >= 15 is 0 Å². The second-order valence-electron chi connectivity index (χ2n) is 7.73. The van der Waals surface area contributed by atoms with Crippen molar-refractivity contribution in [3.05, 3.63) is 41.7 Å². The SMILES string of the molecule is CN=C(NCc1ccc2c(c1)CCCN2C)N1CCN(c2cnn(C)c2)C(=O)C1.I. The normalized spacial score (nSPS) is 17.0. The number of nitrogens with one attached hydrogen (secondary N) is 1. The van der Waals surface area contributed by atoms with Gasteiger partial charge in [0.15, 0.2) is 5.96 Å². The maximum Gasteiger partial charge on any atom is 0.246 e. The van der Waals surface area contributed by atoms with Crippen molar-refractivity contribution in [3.63, 3.8) is 0 Å². The van der Waals surface area contributed by atoms with Gasteiger partial charge in [-0.25, -0.2) is 0 Å². The first-order valence-corrected chi connectivity index (χ1v) is 10.1. The van der Waals surface area contributed by atoms with Gasteiger partial charge in [-0.1, -0.05) is 12.1 Å². The molecule has 0 unspecified atom stereocenters. The molecule has 3 heterocycles. The zero-order chi connectivity index (χ0) is 20.4. The Morgan fingerprint density at radius 1 is 1.23 bits per heavy atom. The molecule has 1 fully saturated rings. The third kappa shape index (κ3) is 4.71. The van der Waals surface area contributed by atoms with E-state index in [-0.39, 0.29) is 29.9 Å². The fourth-order valence-corrected chi connectivity index (χ4v) is 4.14. The second-order valence-corrected chi connectivity index (χ2v) is 7.73. The van der Waals surface area contributed by atoms with Crippen LogP contribution in [0.25, 0.3) is 0 Å². The zero-order valence-electron chi connectivity index (χ0n) is 17.8. The molecule has 1 saturated heterocycles. The molecule has 1 aromatic heterocycles. The molecule has 1 amide bonds. The van der Waals surface area contributed by atoms with E-state index in [0.29, 0.717) is 19.6 Å². The topological polar surface area (TPSA) is 69.0 Å². The van der Waals surface area contributed by atoms with Crippen molar-refractivity contribution in [2.75, 3.05) is 50.1 Å². The Labute approximate surface area is 194 Å². The molecular formula is C21H30IN7O. The highest BCUT2D eigenvalue weighted by Gasteiger charge is 2.27. The number of carbonyl (C=O) groups is 1. The Balaban J connectivity index is 0.00000256. The number of aromatic nitrogens is 2. The maximum absolute atomic E-state index is 12.7. The van der Waals surface area contributed by atoms with Crippen molar-refractivity contribution in [2.45, 2.75) is 19.4 Å². The summed E-state index contributed by atoms with van der Waals surface area (Å²) >= 11 is 0. The van der Waals surface area contributed by atoms with Crippen LogP contribution in [0.1, 0.15) is 17.5 Å². The Hall–Kier alpha value is -2.30. The van der Waals surface area contributed by atoms with Crippen LogP contribution in [-0.2, 0) is 24.8 Å². The third-order valence-electron chi connectivity index (χ3n) is 5.68. The molecule has 8 nitrogen and oxygen atoms in total. The van der Waals surface area contributed by atoms with Crippen LogP contribution in [0.5, 0.6) is 0 Å². The van der Waals surface area contributed by atoms with Crippen LogP contribution in [0, 0.1) is 0 Å². The molecule has 4 rings (SSSR count). The first-order chi connectivity index (χ1) is 14.0. The van der Waals surface area contributed by atoms with Gasteiger partial charge in [0.05, 0.1) is 11.9 Å². The molecule has 1 N–H and O–H groups in total. The largest absolute Gasteiger partial charge is 0.374 e. The third-order valence-corrected chi connectivity index (χ3v) is 5.68. The molecule has 0 spiro atoms. The summed E-state index contributed by atoms with van der Waals surface area (Å²) in [6.07, 6.45) is 5.93. The predicted molar refractivity (Wildman–Crippen MR) is 131 cm³/mol. The molecule has 0 atom stereocenters. The van der Waals surface area contributed by atoms with Gasteiger partial charge in [0.2, 0.25) is 5.91 Å². The van der Waals surface area contributed by atoms with E-state index in [4.69, 9.17) is 0 Å². The molecule has 30 heavy (non-hydrogen) atoms. The Kier molecular flexibility index (Phi) is 7.22. The number of nitrogens with zero attached hydrogens (tertiary/aromatic N) is 6. The number of anilines is 2. The lowest BCUT2D eigenvalue weighted by Crippen LogP contribution is -2.55. The van der Waals surface area contributed by atoms with Crippen LogP contribution in [0.15, 0.2) is 35.6 Å². The van der Waals surface area contributed by atoms with Crippen molar-refractivity contribution in [1.29, 1.82) is 0 Å². The first kappa shape index (κ1) is 22.4. The second kappa shape index (κ2) is 9.67. The highest BCUT2D eigenvalue weighted by molar-refractivity contribution is 14.0. The number of carbonyl (C=O) groups excluding carboxylic acids is 1. The number of guanidine groups is 1. The quantitative estimate of drug-likeness (QED) is 0.378. The summed E-state index contributed by atoms with van der Waals surface area (Å²) in [6.45, 7) is 3.48. The van der Waals surface area contributed by atoms with Gasteiger partial charge in [0.25, 0.3) is 0 Å². The number of fused-ring (bicyclic) bond motifs is 1. The summed E-state index contributed by atoms with van der Waals surface area (Å²) in [5.74, 6) is 0.822. The molecule has 9 heteroatoms. The van der Waals surface area contributed by atoms with Gasteiger partial charge in [-0.05, 0) is 30.0 Å². The zero-order valence-corrected chi connectivity index (χ0v) is 20.2. The summed E-state index contributed by atoms with van der Waals surface area (Å²) in [4.78, 5) is 23.2. The van der Waals surface area contributed by atoms with E-state index in [0.717, 1.165) is 31.2 Å². The molecular weight excluding hydrogens is 493 g/mol. The Morgan fingerprint density at radius 3 is 2.77 bits per heavy atom. The minimum Gasteiger partial charge on any atom is -0.374 e. The summed E-state index contributed by atoms with van der Waals surface area (Å²) in [5.41, 5.74) is 4.83. The molecule has 1 aromatic carbocycles. The van der Waals surface area contributed by atoms with Crippen molar-refractivity contribution in [1.82, 2.24) is 20.0 Å². The van der Waals surface area contributed by atoms with Crippen LogP contribution >= 0.6 is 24.0 Å². The van der Waals surface area contributed by atoms with Crippen LogP contribution in [0.3, 0.4) is 0 Å². The van der Waals surface area contributed by atoms with Crippen molar-refractivity contribution in [2.24, 2.45) is 12.0 Å². The van der Waals surface area contributed by atoms with E-state index in [1.165, 1.54) is 23.2 Å². The lowest BCUT2D eigenvalue weighted by atomic mass is 9.99. The fourth-order valence-electron chi connectivity index (χ4n) is 4.14. The lowest BCUT2D eigenvalue weighted by molar-refractivity contribution is -0.120. The molecule has 2 aliphatic rings. The standard InChI is InChI=1S/C21H29N7O.HI/c1-22-21(23-12-16-6-7-19-17(11-16)5-4-8-25(19)2)27-9-10-28(20(29)15-27)18-13-24-26(3)14-18;/h6-7,11,13-14H,4-5,8-10,12,15H2,1-3H3,(H,22,23);1H. The van der Waals surface area contributed by atoms with Crippen LogP contribution in [-0.4, -0.2) is 66.8 Å². The number of halogens is 1. The van der Waals surface area contributed by atoms with E-state index < -0.39 is 0 Å². The van der Waals surface area contributed by atoms with E-state index in [1.54, 1.807) is 22.8 Å². The van der Waals surface area contributed by atoms with E-state index in [2.05, 4.69) is 45.6 Å². The van der Waals surface area contributed by atoms with Crippen molar-refractivity contribution in [3.8, 4) is 0 Å². The molecule has 2 aliphatic heterocycles. The molecule has 0 saturated carbocycles. The number of rotatable bonds is 3. The van der Waals surface area contributed by atoms with Crippen molar-refractivity contribution >= 4 is 47.2 Å². The van der Waals surface area contributed by atoms with E-state index in [9.17, 15) is 4.79 Å². The molecule has 0 aliphatic carbocycles. The summed E-state index contributed by atoms with van der Waals surface area (Å²) in [6, 6.07) is 6.67. The minimum atomic E-state index is 0. The van der Waals surface area contributed by atoms with Gasteiger partial charge in [-0.15, -0.1) is 24.0 Å². The first-order valence-electron chi connectivity index (χ1n) is 10.1. The van der Waals surface area contributed by atoms with Gasteiger partial charge in [-0.3, -0.25) is 14.5 Å². The molecule has 0 radical (unpaired) electrons. The number of hydrogen-bond acceptors (Lipinski definition) is 4. The van der Waals surface area contributed by atoms with Gasteiger partial charge >= 0.3 is 0 Å². The minimum absolute atomic E-state index is 0. The maximum atomic E-state index is 12.7. The number of benzene rings is 1. The number of piperazine rings is 1. The Morgan fingerprint density at radius 2 is 2.07 bits per heavy atom. The summed E-state index contributed by atoms with van der Waals surface area (Å²) in [5, 5.41) is 7.59. The summed E-state index contributed by atoms with van der Waals surface area (Å²) < 4.78 is 1.71. The average Bonchev–Trinajstić information content (AvgIpc) is 3.14. The highest BCUT2D eigenvalue weighted by atomic mass is 127. The lowest BCUT2D eigenvalue weighted by Gasteiger charge is -2.35.